The number of benzene rings is 1. The normalized spacial score (nSPS) is 12.0. The van der Waals surface area contributed by atoms with E-state index >= 15 is 0 Å². The number of hydrogen-bond acceptors (Lipinski definition) is 5. The molecule has 0 spiro atoms. The second-order valence-corrected chi connectivity index (χ2v) is 5.16. The summed E-state index contributed by atoms with van der Waals surface area (Å²) >= 11 is 0. The molecule has 0 aliphatic heterocycles. The minimum atomic E-state index is -0.938. The molecule has 1 atom stereocenters. The zero-order valence-corrected chi connectivity index (χ0v) is 13.3. The van der Waals surface area contributed by atoms with Crippen LogP contribution in [-0.4, -0.2) is 34.3 Å². The van der Waals surface area contributed by atoms with Gasteiger partial charge in [-0.15, -0.1) is 0 Å². The van der Waals surface area contributed by atoms with Crippen molar-refractivity contribution >= 4 is 22.6 Å². The van der Waals surface area contributed by atoms with E-state index in [-0.39, 0.29) is 17.2 Å². The van der Waals surface area contributed by atoms with Crippen molar-refractivity contribution in [1.82, 2.24) is 15.1 Å². The van der Waals surface area contributed by atoms with E-state index < -0.39 is 12.1 Å². The molecule has 0 bridgehead atoms. The van der Waals surface area contributed by atoms with Gasteiger partial charge in [-0.3, -0.25) is 9.59 Å². The van der Waals surface area contributed by atoms with Gasteiger partial charge in [0.15, 0.2) is 11.8 Å². The second-order valence-electron chi connectivity index (χ2n) is 5.16. The maximum Gasteiger partial charge on any atom is 0.360 e. The molecular formula is C16H19N3O4. The van der Waals surface area contributed by atoms with E-state index in [2.05, 4.69) is 10.4 Å². The first-order valence-corrected chi connectivity index (χ1v) is 7.40. The van der Waals surface area contributed by atoms with Gasteiger partial charge in [0, 0.05) is 19.0 Å². The quantitative estimate of drug-likeness (QED) is 0.831. The second kappa shape index (κ2) is 7.04. The average Bonchev–Trinajstić information content (AvgIpc) is 2.55. The predicted molar refractivity (Wildman–Crippen MR) is 85.2 cm³/mol. The Labute approximate surface area is 133 Å². The van der Waals surface area contributed by atoms with Crippen molar-refractivity contribution in [1.29, 1.82) is 0 Å². The van der Waals surface area contributed by atoms with Crippen molar-refractivity contribution in [2.75, 3.05) is 6.54 Å². The summed E-state index contributed by atoms with van der Waals surface area (Å²) in [7, 11) is 1.46. The van der Waals surface area contributed by atoms with Gasteiger partial charge in [0.2, 0.25) is 0 Å². The number of esters is 1. The van der Waals surface area contributed by atoms with E-state index in [1.807, 2.05) is 6.92 Å². The van der Waals surface area contributed by atoms with Gasteiger partial charge in [-0.2, -0.15) is 5.10 Å². The average molecular weight is 317 g/mol. The lowest BCUT2D eigenvalue weighted by Gasteiger charge is -2.14. The van der Waals surface area contributed by atoms with Crippen LogP contribution in [0.15, 0.2) is 29.1 Å². The molecule has 23 heavy (non-hydrogen) atoms. The molecule has 0 aliphatic carbocycles. The van der Waals surface area contributed by atoms with Crippen molar-refractivity contribution in [2.24, 2.45) is 7.05 Å². The summed E-state index contributed by atoms with van der Waals surface area (Å²) in [4.78, 5) is 36.2. The van der Waals surface area contributed by atoms with E-state index in [1.165, 1.54) is 14.0 Å². The third kappa shape index (κ3) is 3.56. The molecule has 1 N–H and O–H groups in total. The van der Waals surface area contributed by atoms with Crippen LogP contribution in [0.3, 0.4) is 0 Å². The fourth-order valence-electron chi connectivity index (χ4n) is 2.11. The van der Waals surface area contributed by atoms with Gasteiger partial charge in [0.05, 0.1) is 5.39 Å². The highest BCUT2D eigenvalue weighted by Crippen LogP contribution is 2.14. The van der Waals surface area contributed by atoms with E-state index in [1.54, 1.807) is 24.3 Å². The molecule has 1 heterocycles. The Morgan fingerprint density at radius 1 is 1.30 bits per heavy atom. The summed E-state index contributed by atoms with van der Waals surface area (Å²) in [6.45, 7) is 3.94. The van der Waals surface area contributed by atoms with Crippen LogP contribution in [-0.2, 0) is 16.6 Å². The van der Waals surface area contributed by atoms with Gasteiger partial charge in [-0.1, -0.05) is 25.1 Å². The third-order valence-electron chi connectivity index (χ3n) is 3.35. The first-order chi connectivity index (χ1) is 11.0. The summed E-state index contributed by atoms with van der Waals surface area (Å²) in [5.41, 5.74) is -0.288. The molecule has 1 amide bonds. The summed E-state index contributed by atoms with van der Waals surface area (Å²) < 4.78 is 6.25. The number of aryl methyl sites for hydroxylation is 1. The fourth-order valence-corrected chi connectivity index (χ4v) is 2.11. The molecule has 2 rings (SSSR count). The monoisotopic (exact) mass is 317 g/mol. The molecule has 0 aliphatic rings. The fraction of sp³-hybridized carbons (Fsp3) is 0.375. The van der Waals surface area contributed by atoms with Gasteiger partial charge in [0.25, 0.3) is 11.5 Å². The maximum atomic E-state index is 12.3. The zero-order valence-electron chi connectivity index (χ0n) is 13.3. The summed E-state index contributed by atoms with van der Waals surface area (Å²) in [6, 6.07) is 6.66. The van der Waals surface area contributed by atoms with Gasteiger partial charge in [-0.05, 0) is 19.4 Å². The van der Waals surface area contributed by atoms with Crippen molar-refractivity contribution in [3.63, 3.8) is 0 Å². The molecule has 1 aromatic carbocycles. The summed E-state index contributed by atoms with van der Waals surface area (Å²) in [6.07, 6.45) is -0.147. The minimum Gasteiger partial charge on any atom is -0.448 e. The lowest BCUT2D eigenvalue weighted by atomic mass is 10.1. The highest BCUT2D eigenvalue weighted by atomic mass is 16.5. The summed E-state index contributed by atoms with van der Waals surface area (Å²) in [5, 5.41) is 7.41. The standard InChI is InChI=1S/C16H19N3O4/c1-4-9-17-14(20)10(2)23-16(22)13-11-7-5-6-8-12(11)15(21)19(3)18-13/h5-8,10H,4,9H2,1-3H3,(H,17,20)/t10-/m0/s1. The molecule has 1 aromatic heterocycles. The Morgan fingerprint density at radius 3 is 2.61 bits per heavy atom. The number of ether oxygens (including phenoxy) is 1. The first-order valence-electron chi connectivity index (χ1n) is 7.40. The first kappa shape index (κ1) is 16.7. The van der Waals surface area contributed by atoms with Crippen LogP contribution in [0.2, 0.25) is 0 Å². The Hall–Kier alpha value is -2.70. The number of fused-ring (bicyclic) bond motifs is 1. The number of rotatable bonds is 5. The Bertz CT molecular complexity index is 798. The van der Waals surface area contributed by atoms with E-state index in [9.17, 15) is 14.4 Å². The number of hydrogen-bond donors (Lipinski definition) is 1. The number of amides is 1. The van der Waals surface area contributed by atoms with E-state index in [4.69, 9.17) is 4.74 Å². The smallest absolute Gasteiger partial charge is 0.360 e. The lowest BCUT2D eigenvalue weighted by Crippen LogP contribution is -2.36. The van der Waals surface area contributed by atoms with Crippen molar-refractivity contribution < 1.29 is 14.3 Å². The minimum absolute atomic E-state index is 0.0119. The highest BCUT2D eigenvalue weighted by Gasteiger charge is 2.22. The van der Waals surface area contributed by atoms with E-state index in [0.717, 1.165) is 11.1 Å². The number of carbonyl (C=O) groups is 2. The van der Waals surface area contributed by atoms with Gasteiger partial charge in [-0.25, -0.2) is 9.48 Å². The molecule has 2 aromatic rings. The lowest BCUT2D eigenvalue weighted by molar-refractivity contribution is -0.129. The molecular weight excluding hydrogens is 298 g/mol. The van der Waals surface area contributed by atoms with Crippen molar-refractivity contribution in [3.05, 3.63) is 40.3 Å². The molecule has 0 radical (unpaired) electrons. The van der Waals surface area contributed by atoms with Crippen molar-refractivity contribution in [3.8, 4) is 0 Å². The Balaban J connectivity index is 2.30. The van der Waals surface area contributed by atoms with Crippen LogP contribution < -0.4 is 10.9 Å². The topological polar surface area (TPSA) is 90.3 Å². The number of nitrogens with zero attached hydrogens (tertiary/aromatic N) is 2. The van der Waals surface area contributed by atoms with E-state index in [0.29, 0.717) is 17.3 Å². The Morgan fingerprint density at radius 2 is 1.96 bits per heavy atom. The van der Waals surface area contributed by atoms with Crippen molar-refractivity contribution in [2.45, 2.75) is 26.4 Å². The summed E-state index contributed by atoms with van der Waals surface area (Å²) in [5.74, 6) is -1.11. The maximum absolute atomic E-state index is 12.3. The Kier molecular flexibility index (Phi) is 5.10. The van der Waals surface area contributed by atoms with Crippen LogP contribution in [0.1, 0.15) is 30.8 Å². The van der Waals surface area contributed by atoms with Crippen LogP contribution in [0.5, 0.6) is 0 Å². The number of carbonyl (C=O) groups excluding carboxylic acids is 2. The predicted octanol–water partition coefficient (Wildman–Crippen LogP) is 1.00. The van der Waals surface area contributed by atoms with Crippen LogP contribution in [0.4, 0.5) is 0 Å². The largest absolute Gasteiger partial charge is 0.448 e. The van der Waals surface area contributed by atoms with Crippen LogP contribution >= 0.6 is 0 Å². The molecule has 0 saturated carbocycles. The molecule has 7 nitrogen and oxygen atoms in total. The van der Waals surface area contributed by atoms with Gasteiger partial charge < -0.3 is 10.1 Å². The molecule has 0 saturated heterocycles. The molecule has 0 unspecified atom stereocenters. The number of aromatic nitrogens is 2. The highest BCUT2D eigenvalue weighted by molar-refractivity contribution is 6.02. The van der Waals surface area contributed by atoms with Gasteiger partial charge >= 0.3 is 5.97 Å². The zero-order chi connectivity index (χ0) is 17.0. The number of nitrogens with one attached hydrogen (secondary N) is 1. The molecule has 7 heteroatoms. The SMILES string of the molecule is CCCNC(=O)[C@H](C)OC(=O)c1nn(C)c(=O)c2ccccc12. The molecule has 0 fully saturated rings. The third-order valence-corrected chi connectivity index (χ3v) is 3.35. The van der Waals surface area contributed by atoms with Gasteiger partial charge in [0.1, 0.15) is 0 Å². The molecule has 122 valence electrons. The van der Waals surface area contributed by atoms with Crippen LogP contribution in [0.25, 0.3) is 10.8 Å². The van der Waals surface area contributed by atoms with Crippen LogP contribution in [0, 0.1) is 0 Å².